The van der Waals surface area contributed by atoms with E-state index in [-0.39, 0.29) is 22.8 Å². The molecule has 1 fully saturated rings. The van der Waals surface area contributed by atoms with Gasteiger partial charge < -0.3 is 11.1 Å². The minimum absolute atomic E-state index is 0.125. The Balaban J connectivity index is 2.13. The zero-order valence-corrected chi connectivity index (χ0v) is 10.7. The number of carbonyl (C=O) groups is 1. The van der Waals surface area contributed by atoms with Gasteiger partial charge in [0.15, 0.2) is 0 Å². The van der Waals surface area contributed by atoms with Gasteiger partial charge in [-0.3, -0.25) is 9.78 Å². The van der Waals surface area contributed by atoms with Crippen molar-refractivity contribution >= 4 is 11.6 Å². The second kappa shape index (κ2) is 3.45. The molecule has 0 aromatic carbocycles. The fourth-order valence-corrected chi connectivity index (χ4v) is 2.36. The van der Waals surface area contributed by atoms with Crippen molar-refractivity contribution < 1.29 is 4.79 Å². The molecule has 1 aliphatic carbocycles. The quantitative estimate of drug-likeness (QED) is 0.818. The first-order chi connectivity index (χ1) is 7.78. The van der Waals surface area contributed by atoms with Gasteiger partial charge in [-0.1, -0.05) is 27.7 Å². The van der Waals surface area contributed by atoms with E-state index >= 15 is 0 Å². The Kier molecular flexibility index (Phi) is 2.42. The van der Waals surface area contributed by atoms with Crippen molar-refractivity contribution in [2.75, 3.05) is 5.73 Å². The van der Waals surface area contributed by atoms with Crippen LogP contribution in [0.3, 0.4) is 0 Å². The Labute approximate surface area is 102 Å². The molecule has 17 heavy (non-hydrogen) atoms. The fraction of sp³-hybridized carbons (Fsp3) is 0.538. The molecule has 4 heteroatoms. The molecule has 0 radical (unpaired) electrons. The Morgan fingerprint density at radius 1 is 1.35 bits per heavy atom. The number of nitrogen functional groups attached to an aromatic ring is 1. The van der Waals surface area contributed by atoms with Crippen LogP contribution < -0.4 is 11.1 Å². The number of anilines is 1. The number of carbonyl (C=O) groups excluding carboxylic acids is 1. The highest BCUT2D eigenvalue weighted by atomic mass is 16.1. The number of pyridine rings is 1. The van der Waals surface area contributed by atoms with E-state index < -0.39 is 0 Å². The summed E-state index contributed by atoms with van der Waals surface area (Å²) < 4.78 is 0. The van der Waals surface area contributed by atoms with Gasteiger partial charge in [-0.2, -0.15) is 0 Å². The Morgan fingerprint density at radius 2 is 1.94 bits per heavy atom. The van der Waals surface area contributed by atoms with Crippen LogP contribution in [-0.4, -0.2) is 16.9 Å². The highest BCUT2D eigenvalue weighted by Gasteiger charge is 2.65. The van der Waals surface area contributed by atoms with Crippen molar-refractivity contribution in [2.45, 2.75) is 33.7 Å². The molecule has 92 valence electrons. The first-order valence-electron chi connectivity index (χ1n) is 5.79. The maximum Gasteiger partial charge on any atom is 0.255 e. The van der Waals surface area contributed by atoms with E-state index in [1.165, 1.54) is 6.20 Å². The van der Waals surface area contributed by atoms with Crippen LogP contribution in [0.2, 0.25) is 0 Å². The molecule has 2 rings (SSSR count). The van der Waals surface area contributed by atoms with Gasteiger partial charge in [0.2, 0.25) is 0 Å². The van der Waals surface area contributed by atoms with Gasteiger partial charge in [0.25, 0.3) is 5.91 Å². The molecule has 1 aromatic heterocycles. The molecule has 1 aromatic rings. The third kappa shape index (κ3) is 1.68. The number of aromatic nitrogens is 1. The predicted octanol–water partition coefficient (Wildman–Crippen LogP) is 1.83. The van der Waals surface area contributed by atoms with Gasteiger partial charge in [-0.25, -0.2) is 0 Å². The Bertz CT molecular complexity index is 451. The maximum atomic E-state index is 12.1. The fourth-order valence-electron chi connectivity index (χ4n) is 2.36. The molecule has 3 N–H and O–H groups in total. The molecule has 0 bridgehead atoms. The first kappa shape index (κ1) is 11.9. The van der Waals surface area contributed by atoms with Gasteiger partial charge in [0.1, 0.15) is 0 Å². The molecular formula is C13H19N3O. The lowest BCUT2D eigenvalue weighted by atomic mass is 10.0. The SMILES string of the molecule is CC1(C)C(NC(=O)c2cnccc2N)C1(C)C. The number of nitrogens with two attached hydrogens (primary N) is 1. The summed E-state index contributed by atoms with van der Waals surface area (Å²) in [6, 6.07) is 1.82. The van der Waals surface area contributed by atoms with Crippen LogP contribution in [-0.2, 0) is 0 Å². The van der Waals surface area contributed by atoms with Crippen LogP contribution in [0.5, 0.6) is 0 Å². The summed E-state index contributed by atoms with van der Waals surface area (Å²) >= 11 is 0. The van der Waals surface area contributed by atoms with Gasteiger partial charge >= 0.3 is 0 Å². The lowest BCUT2D eigenvalue weighted by molar-refractivity contribution is 0.0944. The average Bonchev–Trinajstić information content (AvgIpc) is 2.61. The summed E-state index contributed by atoms with van der Waals surface area (Å²) in [4.78, 5) is 16.0. The van der Waals surface area contributed by atoms with Gasteiger partial charge in [0.05, 0.1) is 5.56 Å². The number of amides is 1. The molecule has 0 unspecified atom stereocenters. The molecule has 0 atom stereocenters. The number of rotatable bonds is 2. The van der Waals surface area contributed by atoms with E-state index in [2.05, 4.69) is 38.0 Å². The number of hydrogen-bond donors (Lipinski definition) is 2. The number of nitrogens with one attached hydrogen (secondary N) is 1. The lowest BCUT2D eigenvalue weighted by Crippen LogP contribution is -2.30. The normalized spacial score (nSPS) is 20.9. The summed E-state index contributed by atoms with van der Waals surface area (Å²) in [7, 11) is 0. The van der Waals surface area contributed by atoms with Crippen molar-refractivity contribution in [1.82, 2.24) is 10.3 Å². The van der Waals surface area contributed by atoms with Crippen molar-refractivity contribution in [3.8, 4) is 0 Å². The highest BCUT2D eigenvalue weighted by Crippen LogP contribution is 2.62. The number of nitrogens with zero attached hydrogens (tertiary/aromatic N) is 1. The predicted molar refractivity (Wildman–Crippen MR) is 67.5 cm³/mol. The van der Waals surface area contributed by atoms with Gasteiger partial charge in [-0.05, 0) is 16.9 Å². The zero-order chi connectivity index (χ0) is 12.8. The van der Waals surface area contributed by atoms with Crippen LogP contribution in [0, 0.1) is 10.8 Å². The van der Waals surface area contributed by atoms with Crippen LogP contribution in [0.15, 0.2) is 18.5 Å². The molecule has 1 aliphatic rings. The van der Waals surface area contributed by atoms with Crippen molar-refractivity contribution in [2.24, 2.45) is 10.8 Å². The standard InChI is InChI=1S/C13H19N3O/c1-12(2)11(13(12,3)4)16-10(17)8-7-15-6-5-9(8)14/h5-7,11H,1-4H3,(H2,14,15)(H,16,17). The Morgan fingerprint density at radius 3 is 2.41 bits per heavy atom. The molecule has 1 heterocycles. The van der Waals surface area contributed by atoms with Crippen molar-refractivity contribution in [1.29, 1.82) is 0 Å². The van der Waals surface area contributed by atoms with Crippen molar-refractivity contribution in [3.05, 3.63) is 24.0 Å². The minimum atomic E-state index is -0.140. The topological polar surface area (TPSA) is 68.0 Å². The molecular weight excluding hydrogens is 214 g/mol. The smallest absolute Gasteiger partial charge is 0.255 e. The Hall–Kier alpha value is -1.58. The van der Waals surface area contributed by atoms with Gasteiger partial charge in [0, 0.05) is 24.1 Å². The molecule has 0 aliphatic heterocycles. The summed E-state index contributed by atoms with van der Waals surface area (Å²) in [6.07, 6.45) is 3.09. The van der Waals surface area contributed by atoms with Gasteiger partial charge in [-0.15, -0.1) is 0 Å². The monoisotopic (exact) mass is 233 g/mol. The minimum Gasteiger partial charge on any atom is -0.398 e. The molecule has 0 saturated heterocycles. The van der Waals surface area contributed by atoms with E-state index in [9.17, 15) is 4.79 Å². The van der Waals surface area contributed by atoms with Crippen LogP contribution in [0.1, 0.15) is 38.1 Å². The molecule has 0 spiro atoms. The first-order valence-corrected chi connectivity index (χ1v) is 5.79. The summed E-state index contributed by atoms with van der Waals surface area (Å²) in [5.41, 5.74) is 6.92. The second-order valence-corrected chi connectivity index (χ2v) is 5.81. The maximum absolute atomic E-state index is 12.1. The zero-order valence-electron chi connectivity index (χ0n) is 10.7. The van der Waals surface area contributed by atoms with E-state index in [1.54, 1.807) is 12.3 Å². The molecule has 1 saturated carbocycles. The van der Waals surface area contributed by atoms with E-state index in [0.717, 1.165) is 0 Å². The summed E-state index contributed by atoms with van der Waals surface area (Å²) in [6.45, 7) is 8.63. The molecule has 1 amide bonds. The van der Waals surface area contributed by atoms with Crippen LogP contribution >= 0.6 is 0 Å². The number of hydrogen-bond acceptors (Lipinski definition) is 3. The second-order valence-electron chi connectivity index (χ2n) is 5.81. The van der Waals surface area contributed by atoms with Crippen molar-refractivity contribution in [3.63, 3.8) is 0 Å². The summed E-state index contributed by atoms with van der Waals surface area (Å²) in [5.74, 6) is -0.140. The third-order valence-corrected chi connectivity index (χ3v) is 4.40. The molecule has 4 nitrogen and oxygen atoms in total. The van der Waals surface area contributed by atoms with Crippen LogP contribution in [0.25, 0.3) is 0 Å². The lowest BCUT2D eigenvalue weighted by Gasteiger charge is -2.08. The summed E-state index contributed by atoms with van der Waals surface area (Å²) in [5, 5.41) is 3.03. The van der Waals surface area contributed by atoms with E-state index in [1.807, 2.05) is 0 Å². The van der Waals surface area contributed by atoms with E-state index in [0.29, 0.717) is 11.3 Å². The van der Waals surface area contributed by atoms with E-state index in [4.69, 9.17) is 5.73 Å². The van der Waals surface area contributed by atoms with Crippen LogP contribution in [0.4, 0.5) is 5.69 Å². The largest absolute Gasteiger partial charge is 0.398 e. The highest BCUT2D eigenvalue weighted by molar-refractivity contribution is 5.99. The average molecular weight is 233 g/mol. The third-order valence-electron chi connectivity index (χ3n) is 4.40.